The molecule has 3 rings (SSSR count). The monoisotopic (exact) mass is 427 g/mol. The number of fused-ring (bicyclic) bond motifs is 1. The van der Waals surface area contributed by atoms with Gasteiger partial charge in [-0.3, -0.25) is 14.4 Å². The second-order valence-electron chi connectivity index (χ2n) is 7.21. The Kier molecular flexibility index (Phi) is 7.07. The van der Waals surface area contributed by atoms with Crippen LogP contribution in [0.4, 0.5) is 10.5 Å². The van der Waals surface area contributed by atoms with Crippen molar-refractivity contribution in [3.05, 3.63) is 42.5 Å². The highest BCUT2D eigenvalue weighted by molar-refractivity contribution is 6.08. The zero-order valence-electron chi connectivity index (χ0n) is 17.2. The topological polar surface area (TPSA) is 116 Å². The van der Waals surface area contributed by atoms with Gasteiger partial charge in [0, 0.05) is 31.9 Å². The van der Waals surface area contributed by atoms with Gasteiger partial charge in [-0.05, 0) is 29.8 Å². The molecule has 2 aromatic carbocycles. The summed E-state index contributed by atoms with van der Waals surface area (Å²) in [5.41, 5.74) is 0.485. The first-order chi connectivity index (χ1) is 14.9. The van der Waals surface area contributed by atoms with Gasteiger partial charge in [0.05, 0.1) is 13.0 Å². The number of carboxylic acid groups (broad SMARTS) is 1. The van der Waals surface area contributed by atoms with Crippen LogP contribution in [-0.4, -0.2) is 71.6 Å². The fraction of sp³-hybridized carbons (Fsp3) is 0.364. The first kappa shape index (κ1) is 22.1. The van der Waals surface area contributed by atoms with Gasteiger partial charge < -0.3 is 25.0 Å². The molecule has 0 aromatic heterocycles. The summed E-state index contributed by atoms with van der Waals surface area (Å²) in [6.45, 7) is 2.90. The minimum atomic E-state index is -1.36. The molecule has 1 atom stereocenters. The van der Waals surface area contributed by atoms with Crippen molar-refractivity contribution in [3.63, 3.8) is 0 Å². The van der Waals surface area contributed by atoms with Crippen molar-refractivity contribution < 1.29 is 29.0 Å². The van der Waals surface area contributed by atoms with Gasteiger partial charge in [0.15, 0.2) is 0 Å². The Morgan fingerprint density at radius 2 is 1.65 bits per heavy atom. The molecular formula is C22H25N3O6. The lowest BCUT2D eigenvalue weighted by atomic mass is 10.0. The third kappa shape index (κ3) is 5.50. The molecule has 31 heavy (non-hydrogen) atoms. The number of aliphatic carboxylic acids is 1. The van der Waals surface area contributed by atoms with E-state index >= 15 is 0 Å². The van der Waals surface area contributed by atoms with Crippen molar-refractivity contribution in [2.45, 2.75) is 13.3 Å². The molecule has 2 N–H and O–H groups in total. The summed E-state index contributed by atoms with van der Waals surface area (Å²) in [5.74, 6) is -3.84. The smallest absolute Gasteiger partial charge is 0.409 e. The normalized spacial score (nSPS) is 14.7. The Bertz CT molecular complexity index is 984. The van der Waals surface area contributed by atoms with Crippen molar-refractivity contribution >= 4 is 40.3 Å². The number of nitrogens with one attached hydrogen (secondary N) is 1. The molecule has 0 aliphatic carbocycles. The Morgan fingerprint density at radius 3 is 2.29 bits per heavy atom. The molecule has 1 fully saturated rings. The fourth-order valence-electron chi connectivity index (χ4n) is 3.51. The molecule has 0 bridgehead atoms. The molecule has 1 heterocycles. The molecule has 0 saturated carbocycles. The van der Waals surface area contributed by atoms with E-state index in [-0.39, 0.29) is 32.8 Å². The van der Waals surface area contributed by atoms with Gasteiger partial charge in [-0.1, -0.05) is 30.3 Å². The predicted octanol–water partition coefficient (Wildman–Crippen LogP) is 2.17. The Balaban J connectivity index is 1.68. The molecule has 9 nitrogen and oxygen atoms in total. The number of nitrogens with zero attached hydrogens (tertiary/aromatic N) is 2. The number of ether oxygens (including phenoxy) is 1. The van der Waals surface area contributed by atoms with Crippen LogP contribution >= 0.6 is 0 Å². The van der Waals surface area contributed by atoms with Crippen LogP contribution in [-0.2, 0) is 19.1 Å². The Hall–Kier alpha value is -3.62. The third-order valence-corrected chi connectivity index (χ3v) is 5.13. The SMILES string of the molecule is CCOC(=O)N1CCN(C(=O)C(CC(=O)O)C(=O)Nc2ccc3ccccc3c2)CC1. The number of hydrogen-bond donors (Lipinski definition) is 2. The summed E-state index contributed by atoms with van der Waals surface area (Å²) in [5, 5.41) is 13.8. The number of carbonyl (C=O) groups is 4. The standard InChI is InChI=1S/C22H25N3O6/c1-2-31-22(30)25-11-9-24(10-12-25)21(29)18(14-19(26)27)20(28)23-17-8-7-15-5-3-4-6-16(15)13-17/h3-8,13,18H,2,9-12,14H2,1H3,(H,23,28)(H,26,27). The van der Waals surface area contributed by atoms with E-state index in [1.54, 1.807) is 19.1 Å². The van der Waals surface area contributed by atoms with Crippen LogP contribution in [0.15, 0.2) is 42.5 Å². The van der Waals surface area contributed by atoms with Crippen LogP contribution in [0.5, 0.6) is 0 Å². The first-order valence-corrected chi connectivity index (χ1v) is 10.1. The van der Waals surface area contributed by atoms with E-state index < -0.39 is 36.2 Å². The van der Waals surface area contributed by atoms with Gasteiger partial charge in [-0.15, -0.1) is 0 Å². The maximum atomic E-state index is 12.9. The van der Waals surface area contributed by atoms with Gasteiger partial charge in [0.2, 0.25) is 11.8 Å². The molecule has 164 valence electrons. The van der Waals surface area contributed by atoms with Crippen LogP contribution in [0.2, 0.25) is 0 Å². The van der Waals surface area contributed by atoms with Crippen molar-refractivity contribution in [3.8, 4) is 0 Å². The summed E-state index contributed by atoms with van der Waals surface area (Å²) in [7, 11) is 0. The molecular weight excluding hydrogens is 402 g/mol. The Morgan fingerprint density at radius 1 is 1.00 bits per heavy atom. The minimum Gasteiger partial charge on any atom is -0.481 e. The minimum absolute atomic E-state index is 0.205. The van der Waals surface area contributed by atoms with Gasteiger partial charge in [-0.25, -0.2) is 4.79 Å². The zero-order valence-corrected chi connectivity index (χ0v) is 17.2. The first-order valence-electron chi connectivity index (χ1n) is 10.1. The number of benzene rings is 2. The number of amides is 3. The lowest BCUT2D eigenvalue weighted by Gasteiger charge is -2.35. The predicted molar refractivity (Wildman–Crippen MR) is 113 cm³/mol. The van der Waals surface area contributed by atoms with E-state index in [9.17, 15) is 24.3 Å². The second-order valence-corrected chi connectivity index (χ2v) is 7.21. The number of rotatable bonds is 6. The second kappa shape index (κ2) is 9.92. The third-order valence-electron chi connectivity index (χ3n) is 5.13. The van der Waals surface area contributed by atoms with Crippen molar-refractivity contribution in [2.75, 3.05) is 38.1 Å². The Labute approximate surface area is 179 Å². The van der Waals surface area contributed by atoms with Crippen molar-refractivity contribution in [1.82, 2.24) is 9.80 Å². The lowest BCUT2D eigenvalue weighted by Crippen LogP contribution is -2.53. The highest BCUT2D eigenvalue weighted by Gasteiger charge is 2.35. The van der Waals surface area contributed by atoms with E-state index in [1.165, 1.54) is 9.80 Å². The fourth-order valence-corrected chi connectivity index (χ4v) is 3.51. The summed E-state index contributed by atoms with van der Waals surface area (Å²) >= 11 is 0. The average Bonchev–Trinajstić information content (AvgIpc) is 2.77. The number of carboxylic acids is 1. The van der Waals surface area contributed by atoms with Crippen LogP contribution in [0.3, 0.4) is 0 Å². The summed E-state index contributed by atoms with van der Waals surface area (Å²) in [6.07, 6.45) is -1.07. The zero-order chi connectivity index (χ0) is 22.4. The van der Waals surface area contributed by atoms with Crippen LogP contribution in [0.1, 0.15) is 13.3 Å². The van der Waals surface area contributed by atoms with Crippen LogP contribution in [0, 0.1) is 5.92 Å². The quantitative estimate of drug-likeness (QED) is 0.683. The van der Waals surface area contributed by atoms with E-state index in [1.807, 2.05) is 30.3 Å². The maximum Gasteiger partial charge on any atom is 0.409 e. The lowest BCUT2D eigenvalue weighted by molar-refractivity contribution is -0.148. The maximum absolute atomic E-state index is 12.9. The number of hydrogen-bond acceptors (Lipinski definition) is 5. The van der Waals surface area contributed by atoms with E-state index in [0.717, 1.165) is 10.8 Å². The van der Waals surface area contributed by atoms with E-state index in [0.29, 0.717) is 5.69 Å². The molecule has 1 unspecified atom stereocenters. The van der Waals surface area contributed by atoms with Gasteiger partial charge in [0.1, 0.15) is 5.92 Å². The van der Waals surface area contributed by atoms with Crippen molar-refractivity contribution in [2.24, 2.45) is 5.92 Å². The highest BCUT2D eigenvalue weighted by atomic mass is 16.6. The van der Waals surface area contributed by atoms with E-state index in [4.69, 9.17) is 4.74 Å². The van der Waals surface area contributed by atoms with Crippen molar-refractivity contribution in [1.29, 1.82) is 0 Å². The molecule has 1 saturated heterocycles. The molecule has 9 heteroatoms. The van der Waals surface area contributed by atoms with Crippen LogP contribution in [0.25, 0.3) is 10.8 Å². The van der Waals surface area contributed by atoms with E-state index in [2.05, 4.69) is 5.32 Å². The largest absolute Gasteiger partial charge is 0.481 e. The number of carbonyl (C=O) groups excluding carboxylic acids is 3. The van der Waals surface area contributed by atoms with Gasteiger partial charge >= 0.3 is 12.1 Å². The van der Waals surface area contributed by atoms with Gasteiger partial charge in [-0.2, -0.15) is 0 Å². The van der Waals surface area contributed by atoms with Gasteiger partial charge in [0.25, 0.3) is 0 Å². The average molecular weight is 427 g/mol. The molecule has 1 aliphatic heterocycles. The summed E-state index contributed by atoms with van der Waals surface area (Å²) in [6, 6.07) is 12.9. The van der Waals surface area contributed by atoms with Crippen LogP contribution < -0.4 is 5.32 Å². The number of piperazine rings is 1. The summed E-state index contributed by atoms with van der Waals surface area (Å²) in [4.78, 5) is 51.8. The molecule has 1 aliphatic rings. The molecule has 2 aromatic rings. The molecule has 0 spiro atoms. The molecule has 0 radical (unpaired) electrons. The highest BCUT2D eigenvalue weighted by Crippen LogP contribution is 2.21. The summed E-state index contributed by atoms with van der Waals surface area (Å²) < 4.78 is 4.95. The molecule has 3 amide bonds. The number of anilines is 1.